The van der Waals surface area contributed by atoms with Crippen molar-refractivity contribution in [2.24, 2.45) is 5.10 Å². The van der Waals surface area contributed by atoms with E-state index in [0.717, 1.165) is 5.56 Å². The van der Waals surface area contributed by atoms with Crippen LogP contribution in [0.25, 0.3) is 11.4 Å². The van der Waals surface area contributed by atoms with Crippen LogP contribution in [0.4, 0.5) is 0 Å². The number of methoxy groups -OCH3 is 2. The maximum absolute atomic E-state index is 12.0. The van der Waals surface area contributed by atoms with Crippen molar-refractivity contribution in [3.05, 3.63) is 54.1 Å². The summed E-state index contributed by atoms with van der Waals surface area (Å²) in [5, 5.41) is 15.9. The first-order valence-corrected chi connectivity index (χ1v) is 8.07. The molecule has 1 aromatic heterocycles. The van der Waals surface area contributed by atoms with E-state index in [1.807, 2.05) is 30.3 Å². The van der Waals surface area contributed by atoms with E-state index >= 15 is 0 Å². The molecule has 9 nitrogen and oxygen atoms in total. The van der Waals surface area contributed by atoms with Gasteiger partial charge in [0.15, 0.2) is 11.5 Å². The van der Waals surface area contributed by atoms with Crippen LogP contribution in [0.15, 0.2) is 53.6 Å². The molecule has 0 unspecified atom stereocenters. The molecular formula is C18H18N6O3. The van der Waals surface area contributed by atoms with E-state index in [1.165, 1.54) is 18.1 Å². The number of ether oxygens (including phenoxy) is 2. The van der Waals surface area contributed by atoms with Gasteiger partial charge < -0.3 is 9.47 Å². The first-order chi connectivity index (χ1) is 13.2. The molecule has 27 heavy (non-hydrogen) atoms. The van der Waals surface area contributed by atoms with Crippen LogP contribution < -0.4 is 14.9 Å². The van der Waals surface area contributed by atoms with Crippen LogP contribution in [0.3, 0.4) is 0 Å². The number of benzene rings is 2. The summed E-state index contributed by atoms with van der Waals surface area (Å²) < 4.78 is 10.5. The molecule has 0 saturated carbocycles. The summed E-state index contributed by atoms with van der Waals surface area (Å²) in [6, 6.07) is 14.8. The number of hydrogen-bond donors (Lipinski definition) is 1. The Morgan fingerprint density at radius 2 is 1.96 bits per heavy atom. The van der Waals surface area contributed by atoms with Crippen LogP contribution in [-0.2, 0) is 11.3 Å². The SMILES string of the molecule is COc1cccc(/C=N\NC(=O)Cn2nnc(-c3ccccc3)n2)c1OC. The maximum Gasteiger partial charge on any atom is 0.263 e. The highest BCUT2D eigenvalue weighted by atomic mass is 16.5. The van der Waals surface area contributed by atoms with Gasteiger partial charge in [0.05, 0.1) is 20.4 Å². The lowest BCUT2D eigenvalue weighted by atomic mass is 10.2. The number of nitrogens with one attached hydrogen (secondary N) is 1. The van der Waals surface area contributed by atoms with Gasteiger partial charge in [0, 0.05) is 11.1 Å². The summed E-state index contributed by atoms with van der Waals surface area (Å²) in [7, 11) is 3.09. The second-order valence-electron chi connectivity index (χ2n) is 5.39. The lowest BCUT2D eigenvalue weighted by Crippen LogP contribution is -2.24. The zero-order chi connectivity index (χ0) is 19.1. The van der Waals surface area contributed by atoms with Crippen molar-refractivity contribution in [3.63, 3.8) is 0 Å². The molecule has 2 aromatic carbocycles. The van der Waals surface area contributed by atoms with E-state index in [2.05, 4.69) is 25.9 Å². The lowest BCUT2D eigenvalue weighted by molar-refractivity contribution is -0.122. The molecule has 3 aromatic rings. The van der Waals surface area contributed by atoms with Crippen molar-refractivity contribution < 1.29 is 14.3 Å². The van der Waals surface area contributed by atoms with Gasteiger partial charge in [-0.3, -0.25) is 4.79 Å². The molecule has 0 aliphatic heterocycles. The molecule has 3 rings (SSSR count). The second kappa shape index (κ2) is 8.56. The highest BCUT2D eigenvalue weighted by Crippen LogP contribution is 2.29. The number of aromatic nitrogens is 4. The molecule has 1 amide bonds. The van der Waals surface area contributed by atoms with Crippen LogP contribution >= 0.6 is 0 Å². The predicted octanol–water partition coefficient (Wildman–Crippen LogP) is 1.51. The third-order valence-electron chi connectivity index (χ3n) is 3.60. The minimum absolute atomic E-state index is 0.105. The number of para-hydroxylation sites is 1. The molecule has 0 bridgehead atoms. The average Bonchev–Trinajstić information content (AvgIpc) is 3.16. The number of hydrazone groups is 1. The van der Waals surface area contributed by atoms with Gasteiger partial charge in [-0.1, -0.05) is 36.4 Å². The molecule has 0 atom stereocenters. The molecule has 1 heterocycles. The molecule has 1 N–H and O–H groups in total. The Bertz CT molecular complexity index is 939. The number of nitrogens with zero attached hydrogens (tertiary/aromatic N) is 5. The molecule has 138 valence electrons. The largest absolute Gasteiger partial charge is 0.493 e. The maximum atomic E-state index is 12.0. The number of hydrogen-bond acceptors (Lipinski definition) is 7. The number of carbonyl (C=O) groups excluding carboxylic acids is 1. The second-order valence-corrected chi connectivity index (χ2v) is 5.39. The van der Waals surface area contributed by atoms with Crippen molar-refractivity contribution in [3.8, 4) is 22.9 Å². The average molecular weight is 366 g/mol. The van der Waals surface area contributed by atoms with E-state index < -0.39 is 0 Å². The molecule has 0 radical (unpaired) electrons. The molecule has 0 spiro atoms. The summed E-state index contributed by atoms with van der Waals surface area (Å²) in [6.45, 7) is -0.105. The minimum Gasteiger partial charge on any atom is -0.493 e. The smallest absolute Gasteiger partial charge is 0.263 e. The summed E-state index contributed by atoms with van der Waals surface area (Å²) in [5.41, 5.74) is 3.92. The molecule has 0 aliphatic carbocycles. The number of rotatable bonds is 7. The van der Waals surface area contributed by atoms with Gasteiger partial charge in [0.25, 0.3) is 5.91 Å². The van der Waals surface area contributed by atoms with Gasteiger partial charge in [-0.15, -0.1) is 10.2 Å². The van der Waals surface area contributed by atoms with Gasteiger partial charge in [0.1, 0.15) is 6.54 Å². The van der Waals surface area contributed by atoms with Crippen molar-refractivity contribution in [1.82, 2.24) is 25.6 Å². The fourth-order valence-corrected chi connectivity index (χ4v) is 2.36. The topological polar surface area (TPSA) is 104 Å². The zero-order valence-electron chi connectivity index (χ0n) is 14.9. The van der Waals surface area contributed by atoms with Crippen molar-refractivity contribution in [2.75, 3.05) is 14.2 Å². The standard InChI is InChI=1S/C18H18N6O3/c1-26-15-10-6-9-14(17(15)27-2)11-19-20-16(25)12-24-22-18(21-23-24)13-7-4-3-5-8-13/h3-11H,12H2,1-2H3,(H,20,25)/b19-11-. The Kier molecular flexibility index (Phi) is 5.73. The van der Waals surface area contributed by atoms with Crippen LogP contribution in [0.2, 0.25) is 0 Å². The highest BCUT2D eigenvalue weighted by molar-refractivity contribution is 5.86. The Labute approximate surface area is 155 Å². The Morgan fingerprint density at radius 3 is 2.70 bits per heavy atom. The first kappa shape index (κ1) is 18.1. The van der Waals surface area contributed by atoms with Gasteiger partial charge in [-0.25, -0.2) is 5.43 Å². The van der Waals surface area contributed by atoms with E-state index in [1.54, 1.807) is 25.3 Å². The quantitative estimate of drug-likeness (QED) is 0.502. The monoisotopic (exact) mass is 366 g/mol. The highest BCUT2D eigenvalue weighted by Gasteiger charge is 2.09. The molecule has 0 saturated heterocycles. The lowest BCUT2D eigenvalue weighted by Gasteiger charge is -2.09. The summed E-state index contributed by atoms with van der Waals surface area (Å²) in [4.78, 5) is 13.2. The van der Waals surface area contributed by atoms with Gasteiger partial charge in [-0.05, 0) is 17.3 Å². The molecule has 0 fully saturated rings. The summed E-state index contributed by atoms with van der Waals surface area (Å²) >= 11 is 0. The molecule has 9 heteroatoms. The fourth-order valence-electron chi connectivity index (χ4n) is 2.36. The van der Waals surface area contributed by atoms with Crippen LogP contribution in [0, 0.1) is 0 Å². The van der Waals surface area contributed by atoms with E-state index in [4.69, 9.17) is 9.47 Å². The van der Waals surface area contributed by atoms with Gasteiger partial charge in [-0.2, -0.15) is 9.90 Å². The summed E-state index contributed by atoms with van der Waals surface area (Å²) in [5.74, 6) is 1.18. The minimum atomic E-state index is -0.384. The van der Waals surface area contributed by atoms with E-state index in [0.29, 0.717) is 22.9 Å². The Balaban J connectivity index is 1.61. The van der Waals surface area contributed by atoms with Crippen molar-refractivity contribution in [2.45, 2.75) is 6.54 Å². The number of carbonyl (C=O) groups is 1. The van der Waals surface area contributed by atoms with Crippen molar-refractivity contribution in [1.29, 1.82) is 0 Å². The fraction of sp³-hybridized carbons (Fsp3) is 0.167. The van der Waals surface area contributed by atoms with Crippen LogP contribution in [-0.4, -0.2) is 46.5 Å². The number of amides is 1. The van der Waals surface area contributed by atoms with Crippen LogP contribution in [0.1, 0.15) is 5.56 Å². The normalized spacial score (nSPS) is 10.7. The third kappa shape index (κ3) is 4.46. The van der Waals surface area contributed by atoms with Crippen LogP contribution in [0.5, 0.6) is 11.5 Å². The Morgan fingerprint density at radius 1 is 1.15 bits per heavy atom. The van der Waals surface area contributed by atoms with E-state index in [-0.39, 0.29) is 12.5 Å². The van der Waals surface area contributed by atoms with E-state index in [9.17, 15) is 4.79 Å². The summed E-state index contributed by atoms with van der Waals surface area (Å²) in [6.07, 6.45) is 1.48. The number of tetrazole rings is 1. The predicted molar refractivity (Wildman–Crippen MR) is 98.5 cm³/mol. The first-order valence-electron chi connectivity index (χ1n) is 8.07. The molecular weight excluding hydrogens is 348 g/mol. The third-order valence-corrected chi connectivity index (χ3v) is 3.60. The van der Waals surface area contributed by atoms with Crippen molar-refractivity contribution >= 4 is 12.1 Å². The molecule has 0 aliphatic rings. The van der Waals surface area contributed by atoms with Gasteiger partial charge in [0.2, 0.25) is 5.82 Å². The van der Waals surface area contributed by atoms with Gasteiger partial charge >= 0.3 is 0 Å². The Hall–Kier alpha value is -3.75. The zero-order valence-corrected chi connectivity index (χ0v) is 14.9.